The molecule has 6 heteroatoms. The van der Waals surface area contributed by atoms with Crippen LogP contribution in [0.1, 0.15) is 38.4 Å². The molecule has 16 heavy (non-hydrogen) atoms. The molecule has 0 saturated heterocycles. The number of aromatic nitrogens is 2. The molecule has 0 bridgehead atoms. The summed E-state index contributed by atoms with van der Waals surface area (Å²) in [4.78, 5) is 15.7. The third-order valence-corrected chi connectivity index (χ3v) is 2.99. The molecule has 5 nitrogen and oxygen atoms in total. The van der Waals surface area contributed by atoms with E-state index in [4.69, 9.17) is 0 Å². The molecular weight excluding hydrogens is 224 g/mol. The average molecular weight is 240 g/mol. The van der Waals surface area contributed by atoms with Crippen LogP contribution in [0, 0.1) is 0 Å². The van der Waals surface area contributed by atoms with E-state index in [9.17, 15) is 4.79 Å². The molecule has 1 heterocycles. The maximum atomic E-state index is 11.4. The van der Waals surface area contributed by atoms with Gasteiger partial charge < -0.3 is 10.6 Å². The van der Waals surface area contributed by atoms with Gasteiger partial charge in [-0.25, -0.2) is 4.98 Å². The van der Waals surface area contributed by atoms with E-state index in [0.29, 0.717) is 12.0 Å². The summed E-state index contributed by atoms with van der Waals surface area (Å²) in [5.41, 5.74) is 0. The summed E-state index contributed by atoms with van der Waals surface area (Å²) >= 11 is 1.30. The summed E-state index contributed by atoms with van der Waals surface area (Å²) in [5.74, 6) is 1.19. The molecule has 0 unspecified atom stereocenters. The van der Waals surface area contributed by atoms with Crippen molar-refractivity contribution in [2.24, 2.45) is 0 Å². The number of hydrogen-bond acceptors (Lipinski definition) is 5. The van der Waals surface area contributed by atoms with Crippen molar-refractivity contribution in [2.75, 3.05) is 11.9 Å². The quantitative estimate of drug-likeness (QED) is 0.815. The van der Waals surface area contributed by atoms with Gasteiger partial charge in [0.05, 0.1) is 6.54 Å². The number of carbonyl (C=O) groups is 1. The van der Waals surface area contributed by atoms with Gasteiger partial charge in [0.15, 0.2) is 0 Å². The Kier molecular flexibility index (Phi) is 3.38. The van der Waals surface area contributed by atoms with Crippen molar-refractivity contribution in [3.8, 4) is 0 Å². The zero-order valence-corrected chi connectivity index (χ0v) is 10.3. The molecule has 1 aliphatic carbocycles. The lowest BCUT2D eigenvalue weighted by Gasteiger charge is -2.03. The topological polar surface area (TPSA) is 66.9 Å². The lowest BCUT2D eigenvalue weighted by molar-refractivity contribution is -0.119. The molecule has 1 fully saturated rings. The predicted octanol–water partition coefficient (Wildman–Crippen LogP) is 1.35. The van der Waals surface area contributed by atoms with Crippen LogP contribution < -0.4 is 10.6 Å². The van der Waals surface area contributed by atoms with Gasteiger partial charge in [0, 0.05) is 23.5 Å². The highest BCUT2D eigenvalue weighted by molar-refractivity contribution is 7.09. The van der Waals surface area contributed by atoms with Crippen molar-refractivity contribution in [1.29, 1.82) is 0 Å². The Morgan fingerprint density at radius 3 is 2.88 bits per heavy atom. The molecule has 88 valence electrons. The molecule has 1 aromatic rings. The van der Waals surface area contributed by atoms with Crippen molar-refractivity contribution >= 4 is 22.6 Å². The first kappa shape index (κ1) is 11.3. The fraction of sp³-hybridized carbons (Fsp3) is 0.700. The molecule has 0 aromatic carbocycles. The minimum Gasteiger partial charge on any atom is -0.352 e. The van der Waals surface area contributed by atoms with Crippen LogP contribution in [0.5, 0.6) is 0 Å². The van der Waals surface area contributed by atoms with Crippen LogP contribution in [-0.4, -0.2) is 27.9 Å². The third-order valence-electron chi connectivity index (χ3n) is 2.30. The molecule has 2 N–H and O–H groups in total. The molecule has 0 spiro atoms. The van der Waals surface area contributed by atoms with Gasteiger partial charge in [-0.3, -0.25) is 4.79 Å². The Hall–Kier alpha value is -1.17. The van der Waals surface area contributed by atoms with Crippen molar-refractivity contribution < 1.29 is 4.79 Å². The second kappa shape index (κ2) is 4.78. The third kappa shape index (κ3) is 3.16. The molecule has 0 aliphatic heterocycles. The molecule has 1 saturated carbocycles. The van der Waals surface area contributed by atoms with E-state index in [1.807, 2.05) is 13.8 Å². The number of nitrogens with zero attached hydrogens (tertiary/aromatic N) is 2. The Morgan fingerprint density at radius 2 is 2.31 bits per heavy atom. The van der Waals surface area contributed by atoms with Crippen molar-refractivity contribution in [1.82, 2.24) is 14.7 Å². The molecule has 1 aromatic heterocycles. The standard InChI is InChI=1S/C10H16N4OS/c1-6(2)9-13-10(16-14-9)11-5-8(15)12-7-3-4-7/h6-7H,3-5H2,1-2H3,(H,12,15)(H,11,13,14). The SMILES string of the molecule is CC(C)c1nsc(NCC(=O)NC2CC2)n1. The highest BCUT2D eigenvalue weighted by Crippen LogP contribution is 2.19. The van der Waals surface area contributed by atoms with Crippen LogP contribution in [-0.2, 0) is 4.79 Å². The maximum absolute atomic E-state index is 11.4. The number of rotatable bonds is 5. The minimum absolute atomic E-state index is 0.0313. The van der Waals surface area contributed by atoms with Gasteiger partial charge in [-0.2, -0.15) is 4.37 Å². The van der Waals surface area contributed by atoms with Crippen LogP contribution in [0.25, 0.3) is 0 Å². The first-order chi connectivity index (χ1) is 7.65. The molecule has 2 rings (SSSR count). The summed E-state index contributed by atoms with van der Waals surface area (Å²) in [7, 11) is 0. The van der Waals surface area contributed by atoms with Crippen molar-refractivity contribution in [3.63, 3.8) is 0 Å². The molecule has 1 aliphatic rings. The Labute approximate surface area is 98.8 Å². The Balaban J connectivity index is 1.77. The fourth-order valence-electron chi connectivity index (χ4n) is 1.20. The van der Waals surface area contributed by atoms with E-state index in [0.717, 1.165) is 23.8 Å². The van der Waals surface area contributed by atoms with E-state index in [2.05, 4.69) is 20.0 Å². The highest BCUT2D eigenvalue weighted by atomic mass is 32.1. The maximum Gasteiger partial charge on any atom is 0.239 e. The zero-order chi connectivity index (χ0) is 11.5. The smallest absolute Gasteiger partial charge is 0.239 e. The van der Waals surface area contributed by atoms with Gasteiger partial charge >= 0.3 is 0 Å². The Morgan fingerprint density at radius 1 is 1.56 bits per heavy atom. The summed E-state index contributed by atoms with van der Waals surface area (Å²) in [6, 6.07) is 0.412. The lowest BCUT2D eigenvalue weighted by atomic mass is 10.2. The van der Waals surface area contributed by atoms with Gasteiger partial charge in [-0.05, 0) is 12.8 Å². The van der Waals surface area contributed by atoms with E-state index < -0.39 is 0 Å². The van der Waals surface area contributed by atoms with Gasteiger partial charge in [0.1, 0.15) is 5.82 Å². The van der Waals surface area contributed by atoms with Crippen LogP contribution in [0.15, 0.2) is 0 Å². The Bertz CT molecular complexity index is 373. The van der Waals surface area contributed by atoms with Gasteiger partial charge in [-0.1, -0.05) is 13.8 Å². The van der Waals surface area contributed by atoms with Crippen molar-refractivity contribution in [2.45, 2.75) is 38.6 Å². The van der Waals surface area contributed by atoms with E-state index in [1.165, 1.54) is 11.5 Å². The normalized spacial score (nSPS) is 15.2. The van der Waals surface area contributed by atoms with Crippen LogP contribution in [0.3, 0.4) is 0 Å². The fourth-order valence-corrected chi connectivity index (χ4v) is 1.91. The lowest BCUT2D eigenvalue weighted by Crippen LogP contribution is -2.31. The first-order valence-electron chi connectivity index (χ1n) is 5.52. The van der Waals surface area contributed by atoms with Crippen LogP contribution in [0.2, 0.25) is 0 Å². The van der Waals surface area contributed by atoms with Crippen LogP contribution in [0.4, 0.5) is 5.13 Å². The summed E-state index contributed by atoms with van der Waals surface area (Å²) in [5, 5.41) is 6.61. The van der Waals surface area contributed by atoms with Crippen LogP contribution >= 0.6 is 11.5 Å². The predicted molar refractivity (Wildman–Crippen MR) is 63.7 cm³/mol. The number of hydrogen-bond donors (Lipinski definition) is 2. The molecule has 0 radical (unpaired) electrons. The monoisotopic (exact) mass is 240 g/mol. The number of anilines is 1. The second-order valence-corrected chi connectivity index (χ2v) is 5.06. The first-order valence-corrected chi connectivity index (χ1v) is 6.29. The second-order valence-electron chi connectivity index (χ2n) is 4.31. The highest BCUT2D eigenvalue weighted by Gasteiger charge is 2.22. The van der Waals surface area contributed by atoms with Gasteiger partial charge in [0.2, 0.25) is 11.0 Å². The largest absolute Gasteiger partial charge is 0.352 e. The molecule has 0 atom stereocenters. The van der Waals surface area contributed by atoms with Crippen molar-refractivity contribution in [3.05, 3.63) is 5.82 Å². The summed E-state index contributed by atoms with van der Waals surface area (Å²) in [6.45, 7) is 4.38. The number of amides is 1. The van der Waals surface area contributed by atoms with Gasteiger partial charge in [0.25, 0.3) is 0 Å². The van der Waals surface area contributed by atoms with Gasteiger partial charge in [-0.15, -0.1) is 0 Å². The number of carbonyl (C=O) groups excluding carboxylic acids is 1. The average Bonchev–Trinajstić information content (AvgIpc) is 2.91. The van der Waals surface area contributed by atoms with E-state index in [-0.39, 0.29) is 12.5 Å². The molecule has 1 amide bonds. The number of nitrogens with one attached hydrogen (secondary N) is 2. The summed E-state index contributed by atoms with van der Waals surface area (Å²) < 4.78 is 4.20. The molecular formula is C10H16N4OS. The van der Waals surface area contributed by atoms with E-state index >= 15 is 0 Å². The minimum atomic E-state index is 0.0313. The zero-order valence-electron chi connectivity index (χ0n) is 9.49. The summed E-state index contributed by atoms with van der Waals surface area (Å²) in [6.07, 6.45) is 2.23. The van der Waals surface area contributed by atoms with E-state index in [1.54, 1.807) is 0 Å².